The third-order valence-corrected chi connectivity index (χ3v) is 9.70. The summed E-state index contributed by atoms with van der Waals surface area (Å²) < 4.78 is 37.3. The van der Waals surface area contributed by atoms with E-state index in [1.807, 2.05) is 30.3 Å². The van der Waals surface area contributed by atoms with E-state index in [9.17, 15) is 29.2 Å². The van der Waals surface area contributed by atoms with E-state index in [0.29, 0.717) is 0 Å². The highest BCUT2D eigenvalue weighted by Crippen LogP contribution is 2.47. The number of nitrogen functional groups attached to an aromatic ring is 1. The van der Waals surface area contributed by atoms with Crippen molar-refractivity contribution < 1.29 is 42.9 Å². The van der Waals surface area contributed by atoms with Crippen molar-refractivity contribution in [2.75, 3.05) is 31.3 Å². The number of hydrogen-bond acceptors (Lipinski definition) is 14. The summed E-state index contributed by atoms with van der Waals surface area (Å²) in [6.45, 7) is 5.26. The molecule has 0 aliphatic carbocycles. The Morgan fingerprint density at radius 2 is 2.00 bits per heavy atom. The number of nitrogens with one attached hydrogen (secondary N) is 2. The number of ether oxygens (including phenoxy) is 2. The van der Waals surface area contributed by atoms with Gasteiger partial charge in [-0.1, -0.05) is 42.1 Å². The molecule has 5 atom stereocenters. The molecule has 18 heteroatoms. The van der Waals surface area contributed by atoms with Crippen LogP contribution < -0.4 is 16.4 Å². The number of benzene rings is 1. The van der Waals surface area contributed by atoms with Gasteiger partial charge in [0.15, 0.2) is 22.5 Å². The van der Waals surface area contributed by atoms with Crippen LogP contribution in [0.2, 0.25) is 0 Å². The summed E-state index contributed by atoms with van der Waals surface area (Å²) in [5.74, 6) is -0.556. The summed E-state index contributed by atoms with van der Waals surface area (Å²) in [5.41, 5.74) is 2.99. The van der Waals surface area contributed by atoms with Gasteiger partial charge in [-0.15, -0.1) is 0 Å². The molecule has 4 rings (SSSR count). The number of aliphatic hydroxyl groups is 2. The maximum absolute atomic E-state index is 13.8. The zero-order chi connectivity index (χ0) is 33.0. The zero-order valence-electron chi connectivity index (χ0n) is 25.2. The van der Waals surface area contributed by atoms with Crippen molar-refractivity contribution in [3.8, 4) is 0 Å². The van der Waals surface area contributed by atoms with E-state index >= 15 is 0 Å². The predicted molar refractivity (Wildman–Crippen MR) is 164 cm³/mol. The van der Waals surface area contributed by atoms with E-state index in [4.69, 9.17) is 24.3 Å². The second-order valence-electron chi connectivity index (χ2n) is 11.2. The van der Waals surface area contributed by atoms with E-state index in [1.165, 1.54) is 24.7 Å². The molecule has 0 spiro atoms. The van der Waals surface area contributed by atoms with Gasteiger partial charge in [-0.25, -0.2) is 14.6 Å². The highest BCUT2D eigenvalue weighted by atomic mass is 32.2. The molecule has 1 aliphatic rings. The fourth-order valence-electron chi connectivity index (χ4n) is 4.40. The van der Waals surface area contributed by atoms with Crippen molar-refractivity contribution in [2.45, 2.75) is 58.3 Å². The molecule has 1 saturated heterocycles. The molecule has 3 aromatic rings. The molecule has 16 nitrogen and oxygen atoms in total. The number of H-pyrrole nitrogens is 1. The highest BCUT2D eigenvalue weighted by Gasteiger charge is 2.54. The fourth-order valence-corrected chi connectivity index (χ4v) is 6.64. The number of fused-ring (bicyclic) bond motifs is 1. The monoisotopic (exact) mass is 668 g/mol. The Kier molecular flexibility index (Phi) is 10.9. The van der Waals surface area contributed by atoms with E-state index in [-0.39, 0.29) is 47.7 Å². The Bertz CT molecular complexity index is 1610. The smallest absolute Gasteiger partial charge is 0.405 e. The first-order chi connectivity index (χ1) is 21.1. The number of aromatic amines is 1. The Hall–Kier alpha value is -3.15. The second kappa shape index (κ2) is 14.1. The van der Waals surface area contributed by atoms with Gasteiger partial charge >= 0.3 is 13.7 Å². The van der Waals surface area contributed by atoms with Crippen molar-refractivity contribution in [3.63, 3.8) is 0 Å². The van der Waals surface area contributed by atoms with Crippen LogP contribution in [0.15, 0.2) is 41.5 Å². The molecule has 1 aromatic carbocycles. The molecular formula is C27H37N6O10PS. The van der Waals surface area contributed by atoms with Crippen LogP contribution in [0.3, 0.4) is 0 Å². The predicted octanol–water partition coefficient (Wildman–Crippen LogP) is 1.49. The number of thioether (sulfide) groups is 1. The Morgan fingerprint density at radius 3 is 2.69 bits per heavy atom. The van der Waals surface area contributed by atoms with Gasteiger partial charge in [0.2, 0.25) is 5.95 Å². The van der Waals surface area contributed by atoms with Crippen LogP contribution in [-0.2, 0) is 39.2 Å². The van der Waals surface area contributed by atoms with Gasteiger partial charge in [-0.05, 0) is 26.3 Å². The molecule has 1 aliphatic heterocycles. The minimum atomic E-state index is -4.07. The minimum absolute atomic E-state index is 0.0249. The van der Waals surface area contributed by atoms with E-state index in [1.54, 1.807) is 13.8 Å². The van der Waals surface area contributed by atoms with Crippen LogP contribution in [0.25, 0.3) is 11.2 Å². The molecule has 0 bridgehead atoms. The summed E-state index contributed by atoms with van der Waals surface area (Å²) >= 11 is 0.930. The molecular weight excluding hydrogens is 631 g/mol. The molecule has 6 N–H and O–H groups in total. The molecule has 0 amide bonds. The van der Waals surface area contributed by atoms with Crippen LogP contribution in [0.4, 0.5) is 5.95 Å². The first kappa shape index (κ1) is 34.7. The number of imidazole rings is 1. The van der Waals surface area contributed by atoms with Crippen LogP contribution in [-0.4, -0.2) is 84.2 Å². The first-order valence-corrected chi connectivity index (χ1v) is 16.4. The lowest BCUT2D eigenvalue weighted by atomic mass is 9.96. The van der Waals surface area contributed by atoms with Crippen molar-refractivity contribution in [1.82, 2.24) is 24.6 Å². The van der Waals surface area contributed by atoms with Gasteiger partial charge < -0.3 is 25.4 Å². The zero-order valence-corrected chi connectivity index (χ0v) is 26.9. The quantitative estimate of drug-likeness (QED) is 0.0931. The normalized spacial score (nSPS) is 23.2. The third-order valence-electron chi connectivity index (χ3n) is 6.95. The Labute approximate surface area is 262 Å². The average Bonchev–Trinajstić information content (AvgIpc) is 3.50. The van der Waals surface area contributed by atoms with Gasteiger partial charge in [0.05, 0.1) is 25.0 Å². The lowest BCUT2D eigenvalue weighted by Gasteiger charge is -2.27. The molecule has 2 aromatic heterocycles. The van der Waals surface area contributed by atoms with Crippen molar-refractivity contribution in [2.24, 2.45) is 5.41 Å². The van der Waals surface area contributed by atoms with Gasteiger partial charge in [-0.3, -0.25) is 33.0 Å². The first-order valence-electron chi connectivity index (χ1n) is 13.9. The number of nitrogens with zero attached hydrogens (tertiary/aromatic N) is 3. The van der Waals surface area contributed by atoms with Gasteiger partial charge in [-0.2, -0.15) is 4.98 Å². The Balaban J connectivity index is 1.43. The van der Waals surface area contributed by atoms with Gasteiger partial charge in [0, 0.05) is 19.2 Å². The number of anilines is 1. The number of aromatic nitrogens is 4. The van der Waals surface area contributed by atoms with Crippen LogP contribution in [0, 0.1) is 5.41 Å². The van der Waals surface area contributed by atoms with Crippen molar-refractivity contribution in [1.29, 1.82) is 0 Å². The number of esters is 1. The van der Waals surface area contributed by atoms with Crippen LogP contribution >= 0.6 is 19.5 Å². The topological polar surface area (TPSA) is 230 Å². The molecule has 3 heterocycles. The van der Waals surface area contributed by atoms with Crippen molar-refractivity contribution in [3.05, 3.63) is 52.6 Å². The van der Waals surface area contributed by atoms with Gasteiger partial charge in [0.25, 0.3) is 5.56 Å². The second-order valence-corrected chi connectivity index (χ2v) is 14.1. The molecule has 246 valence electrons. The number of rotatable bonds is 14. The standard InChI is InChI=1S/C27H37N6O10PS/c1-16(34)40-14-26(2,3)24(37)45-11-10-41-44(39,30-12-17-8-6-5-7-9-17)42-13-18-20(35)27(4,38)23(43-18)33-15-29-19-21(33)31-25(28)32-22(19)36/h5-9,15,18,20,23,35,38H,10-14H2,1-4H3,(H,30,39)(H3,28,31,32,36)/t18-,20-,23-,27-,44?/m1/s1. The summed E-state index contributed by atoms with van der Waals surface area (Å²) in [6.07, 6.45) is -2.77. The third kappa shape index (κ3) is 8.37. The SMILES string of the molecule is CC(=O)OCC(C)(C)C(=O)SCCOP(=O)(NCc1ccccc1)OC[C@H]1O[C@@H](n2cnc3c(=O)[nH]c(N)nc32)[C@](C)(O)[C@@H]1O. The summed E-state index contributed by atoms with van der Waals surface area (Å²) in [5, 5.41) is 24.7. The number of carbonyl (C=O) groups excluding carboxylic acids is 2. The molecule has 0 saturated carbocycles. The van der Waals surface area contributed by atoms with Crippen LogP contribution in [0.1, 0.15) is 39.5 Å². The van der Waals surface area contributed by atoms with Crippen LogP contribution in [0.5, 0.6) is 0 Å². The minimum Gasteiger partial charge on any atom is -0.465 e. The number of aliphatic hydroxyl groups excluding tert-OH is 1. The maximum atomic E-state index is 13.8. The number of carbonyl (C=O) groups is 2. The van der Waals surface area contributed by atoms with Gasteiger partial charge in [0.1, 0.15) is 24.4 Å². The molecule has 1 unspecified atom stereocenters. The summed E-state index contributed by atoms with van der Waals surface area (Å²) in [7, 11) is -4.07. The molecule has 0 radical (unpaired) electrons. The summed E-state index contributed by atoms with van der Waals surface area (Å²) in [6, 6.07) is 9.07. The largest absolute Gasteiger partial charge is 0.465 e. The van der Waals surface area contributed by atoms with E-state index < -0.39 is 55.3 Å². The van der Waals surface area contributed by atoms with E-state index in [2.05, 4.69) is 20.0 Å². The highest BCUT2D eigenvalue weighted by molar-refractivity contribution is 8.13. The maximum Gasteiger partial charge on any atom is 0.405 e. The lowest BCUT2D eigenvalue weighted by molar-refractivity contribution is -0.145. The number of nitrogens with two attached hydrogens (primary N) is 1. The molecule has 45 heavy (non-hydrogen) atoms. The Morgan fingerprint density at radius 1 is 1.29 bits per heavy atom. The number of hydrogen-bond donors (Lipinski definition) is 5. The summed E-state index contributed by atoms with van der Waals surface area (Å²) in [4.78, 5) is 46.5. The molecule has 1 fully saturated rings. The van der Waals surface area contributed by atoms with E-state index in [0.717, 1.165) is 17.3 Å². The lowest BCUT2D eigenvalue weighted by Crippen LogP contribution is -2.44. The fraction of sp³-hybridized carbons (Fsp3) is 0.519. The van der Waals surface area contributed by atoms with Crippen molar-refractivity contribution >= 4 is 47.7 Å². The average molecular weight is 669 g/mol.